The lowest BCUT2D eigenvalue weighted by molar-refractivity contribution is -0.130. The number of likely N-dealkylation sites (tertiary alicyclic amines) is 1. The van der Waals surface area contributed by atoms with Crippen LogP contribution in [0.25, 0.3) is 10.9 Å². The number of aromatic nitrogens is 3. The first-order valence-corrected chi connectivity index (χ1v) is 9.25. The van der Waals surface area contributed by atoms with Crippen LogP contribution in [0.1, 0.15) is 41.5 Å². The maximum absolute atomic E-state index is 12.7. The summed E-state index contributed by atoms with van der Waals surface area (Å²) in [5.41, 5.74) is 4.33. The van der Waals surface area contributed by atoms with Crippen molar-refractivity contribution in [2.75, 3.05) is 13.1 Å². The Balaban J connectivity index is 1.38. The van der Waals surface area contributed by atoms with Gasteiger partial charge >= 0.3 is 0 Å². The highest BCUT2D eigenvalue weighted by atomic mass is 16.2. The molecule has 5 nitrogen and oxygen atoms in total. The van der Waals surface area contributed by atoms with Crippen molar-refractivity contribution in [2.45, 2.75) is 39.0 Å². The lowest BCUT2D eigenvalue weighted by Gasteiger charge is -2.16. The monoisotopic (exact) mass is 348 g/mol. The molecule has 1 aliphatic rings. The SMILES string of the molecule is Cc1cc(C)nc(C2CCN(C(=O)CCc3c[nH]c4ccccc34)C2)n1. The van der Waals surface area contributed by atoms with Gasteiger partial charge in [-0.3, -0.25) is 4.79 Å². The average Bonchev–Trinajstić information content (AvgIpc) is 3.26. The first-order chi connectivity index (χ1) is 12.6. The predicted octanol–water partition coefficient (Wildman–Crippen LogP) is 3.52. The second-order valence-corrected chi connectivity index (χ2v) is 7.19. The summed E-state index contributed by atoms with van der Waals surface area (Å²) in [6, 6.07) is 10.2. The van der Waals surface area contributed by atoms with Gasteiger partial charge in [0, 0.05) is 53.9 Å². The van der Waals surface area contributed by atoms with E-state index in [4.69, 9.17) is 0 Å². The van der Waals surface area contributed by atoms with Crippen LogP contribution in [0.3, 0.4) is 0 Å². The molecule has 1 aliphatic heterocycles. The van der Waals surface area contributed by atoms with E-state index in [9.17, 15) is 4.79 Å². The molecule has 0 aliphatic carbocycles. The van der Waals surface area contributed by atoms with Crippen molar-refractivity contribution >= 4 is 16.8 Å². The van der Waals surface area contributed by atoms with E-state index < -0.39 is 0 Å². The first-order valence-electron chi connectivity index (χ1n) is 9.25. The molecule has 26 heavy (non-hydrogen) atoms. The van der Waals surface area contributed by atoms with Gasteiger partial charge in [0.1, 0.15) is 5.82 Å². The Labute approximate surface area is 153 Å². The number of rotatable bonds is 4. The zero-order chi connectivity index (χ0) is 18.1. The minimum absolute atomic E-state index is 0.224. The third-order valence-corrected chi connectivity index (χ3v) is 5.19. The molecule has 1 amide bonds. The zero-order valence-corrected chi connectivity index (χ0v) is 15.3. The van der Waals surface area contributed by atoms with Crippen molar-refractivity contribution < 1.29 is 4.79 Å². The molecule has 1 saturated heterocycles. The third-order valence-electron chi connectivity index (χ3n) is 5.19. The molecule has 1 unspecified atom stereocenters. The largest absolute Gasteiger partial charge is 0.361 e. The number of fused-ring (bicyclic) bond motifs is 1. The highest BCUT2D eigenvalue weighted by Crippen LogP contribution is 2.26. The number of aromatic amines is 1. The summed E-state index contributed by atoms with van der Waals surface area (Å²) in [6.45, 7) is 5.53. The molecule has 0 saturated carbocycles. The maximum atomic E-state index is 12.7. The van der Waals surface area contributed by atoms with Crippen LogP contribution >= 0.6 is 0 Å². The Morgan fingerprint density at radius 3 is 2.81 bits per heavy atom. The van der Waals surface area contributed by atoms with Gasteiger partial charge in [-0.05, 0) is 44.4 Å². The van der Waals surface area contributed by atoms with E-state index in [-0.39, 0.29) is 11.8 Å². The van der Waals surface area contributed by atoms with E-state index in [1.807, 2.05) is 43.1 Å². The number of nitrogens with zero attached hydrogens (tertiary/aromatic N) is 3. The number of hydrogen-bond donors (Lipinski definition) is 1. The Hall–Kier alpha value is -2.69. The molecular formula is C21H24N4O. The summed E-state index contributed by atoms with van der Waals surface area (Å²) in [7, 11) is 0. The molecule has 3 aromatic rings. The van der Waals surface area contributed by atoms with Crippen molar-refractivity contribution in [3.63, 3.8) is 0 Å². The summed E-state index contributed by atoms with van der Waals surface area (Å²) in [4.78, 5) is 27.1. The van der Waals surface area contributed by atoms with Gasteiger partial charge in [-0.25, -0.2) is 9.97 Å². The number of benzene rings is 1. The molecule has 1 N–H and O–H groups in total. The second-order valence-electron chi connectivity index (χ2n) is 7.19. The Bertz CT molecular complexity index is 926. The lowest BCUT2D eigenvalue weighted by Crippen LogP contribution is -2.28. The van der Waals surface area contributed by atoms with Crippen molar-refractivity contribution in [1.29, 1.82) is 0 Å². The van der Waals surface area contributed by atoms with Gasteiger partial charge in [0.15, 0.2) is 0 Å². The highest BCUT2D eigenvalue weighted by Gasteiger charge is 2.29. The van der Waals surface area contributed by atoms with Crippen LogP contribution in [-0.2, 0) is 11.2 Å². The van der Waals surface area contributed by atoms with Crippen LogP contribution < -0.4 is 0 Å². The van der Waals surface area contributed by atoms with Crippen LogP contribution in [-0.4, -0.2) is 38.8 Å². The van der Waals surface area contributed by atoms with E-state index in [2.05, 4.69) is 27.1 Å². The fourth-order valence-electron chi connectivity index (χ4n) is 3.87. The Morgan fingerprint density at radius 1 is 1.23 bits per heavy atom. The molecule has 1 fully saturated rings. The van der Waals surface area contributed by atoms with Crippen molar-refractivity contribution in [1.82, 2.24) is 19.9 Å². The van der Waals surface area contributed by atoms with Gasteiger partial charge in [-0.1, -0.05) is 18.2 Å². The molecule has 3 heterocycles. The summed E-state index contributed by atoms with van der Waals surface area (Å²) in [5.74, 6) is 1.36. The minimum Gasteiger partial charge on any atom is -0.361 e. The summed E-state index contributed by atoms with van der Waals surface area (Å²) in [5, 5.41) is 1.21. The van der Waals surface area contributed by atoms with E-state index in [0.717, 1.165) is 48.7 Å². The van der Waals surface area contributed by atoms with E-state index in [1.165, 1.54) is 10.9 Å². The molecule has 0 radical (unpaired) electrons. The van der Waals surface area contributed by atoms with Crippen LogP contribution in [0.15, 0.2) is 36.5 Å². The Morgan fingerprint density at radius 2 is 2.00 bits per heavy atom. The van der Waals surface area contributed by atoms with E-state index in [0.29, 0.717) is 6.42 Å². The molecule has 0 spiro atoms. The lowest BCUT2D eigenvalue weighted by atomic mass is 10.1. The van der Waals surface area contributed by atoms with Crippen molar-refractivity contribution in [2.24, 2.45) is 0 Å². The number of para-hydroxylation sites is 1. The molecular weight excluding hydrogens is 324 g/mol. The number of hydrogen-bond acceptors (Lipinski definition) is 3. The van der Waals surface area contributed by atoms with Crippen LogP contribution in [0.2, 0.25) is 0 Å². The summed E-state index contributed by atoms with van der Waals surface area (Å²) < 4.78 is 0. The van der Waals surface area contributed by atoms with Gasteiger partial charge in [-0.15, -0.1) is 0 Å². The highest BCUT2D eigenvalue weighted by molar-refractivity contribution is 5.84. The van der Waals surface area contributed by atoms with Gasteiger partial charge < -0.3 is 9.88 Å². The molecule has 1 aromatic carbocycles. The zero-order valence-electron chi connectivity index (χ0n) is 15.3. The van der Waals surface area contributed by atoms with Crippen molar-refractivity contribution in [3.05, 3.63) is 59.3 Å². The van der Waals surface area contributed by atoms with Crippen LogP contribution in [0, 0.1) is 13.8 Å². The summed E-state index contributed by atoms with van der Waals surface area (Å²) >= 11 is 0. The molecule has 5 heteroatoms. The van der Waals surface area contributed by atoms with Crippen LogP contribution in [0.4, 0.5) is 0 Å². The average molecular weight is 348 g/mol. The van der Waals surface area contributed by atoms with Crippen LogP contribution in [0.5, 0.6) is 0 Å². The van der Waals surface area contributed by atoms with E-state index >= 15 is 0 Å². The smallest absolute Gasteiger partial charge is 0.222 e. The topological polar surface area (TPSA) is 61.9 Å². The minimum atomic E-state index is 0.224. The number of carbonyl (C=O) groups excluding carboxylic acids is 1. The molecule has 4 rings (SSSR count). The van der Waals surface area contributed by atoms with Gasteiger partial charge in [-0.2, -0.15) is 0 Å². The maximum Gasteiger partial charge on any atom is 0.222 e. The van der Waals surface area contributed by atoms with Gasteiger partial charge in [0.2, 0.25) is 5.91 Å². The third kappa shape index (κ3) is 3.34. The number of carbonyl (C=O) groups is 1. The van der Waals surface area contributed by atoms with Gasteiger partial charge in [0.05, 0.1) is 0 Å². The number of amides is 1. The molecule has 1 atom stereocenters. The van der Waals surface area contributed by atoms with Crippen molar-refractivity contribution in [3.8, 4) is 0 Å². The second kappa shape index (κ2) is 6.90. The normalized spacial score (nSPS) is 17.2. The molecule has 2 aromatic heterocycles. The number of aryl methyl sites for hydroxylation is 3. The molecule has 134 valence electrons. The standard InChI is InChI=1S/C21H24N4O/c1-14-11-15(2)24-21(23-14)17-9-10-25(13-17)20(26)8-7-16-12-22-19-6-4-3-5-18(16)19/h3-6,11-12,17,22H,7-10,13H2,1-2H3. The Kier molecular flexibility index (Phi) is 4.45. The fraction of sp³-hybridized carbons (Fsp3) is 0.381. The summed E-state index contributed by atoms with van der Waals surface area (Å²) in [6.07, 6.45) is 4.28. The quantitative estimate of drug-likeness (QED) is 0.785. The molecule has 0 bridgehead atoms. The number of nitrogens with one attached hydrogen (secondary N) is 1. The van der Waals surface area contributed by atoms with Gasteiger partial charge in [0.25, 0.3) is 0 Å². The predicted molar refractivity (Wildman–Crippen MR) is 102 cm³/mol. The number of H-pyrrole nitrogens is 1. The first kappa shape index (κ1) is 16.8. The van der Waals surface area contributed by atoms with E-state index in [1.54, 1.807) is 0 Å². The fourth-order valence-corrected chi connectivity index (χ4v) is 3.87.